The van der Waals surface area contributed by atoms with Crippen LogP contribution in [0, 0.1) is 6.92 Å². The summed E-state index contributed by atoms with van der Waals surface area (Å²) >= 11 is 0. The maximum absolute atomic E-state index is 8.70. The van der Waals surface area contributed by atoms with Crippen molar-refractivity contribution >= 4 is 0 Å². The van der Waals surface area contributed by atoms with E-state index in [1.807, 2.05) is 12.1 Å². The monoisotopic (exact) mass is 265 g/mol. The molecule has 0 aliphatic carbocycles. The van der Waals surface area contributed by atoms with Gasteiger partial charge in [-0.25, -0.2) is 0 Å². The Hall–Kier alpha value is -1.06. The number of unbranched alkanes of at least 4 members (excludes halogenated alkanes) is 2. The van der Waals surface area contributed by atoms with E-state index < -0.39 is 0 Å². The Morgan fingerprint density at radius 3 is 2.63 bits per heavy atom. The van der Waals surface area contributed by atoms with E-state index in [1.165, 1.54) is 5.56 Å². The molecule has 0 atom stereocenters. The molecule has 0 saturated heterocycles. The zero-order valence-corrected chi connectivity index (χ0v) is 12.3. The van der Waals surface area contributed by atoms with Crippen LogP contribution < -0.4 is 4.74 Å². The summed E-state index contributed by atoms with van der Waals surface area (Å²) in [6.07, 6.45) is 4.24. The highest BCUT2D eigenvalue weighted by atomic mass is 16.5. The van der Waals surface area contributed by atoms with Gasteiger partial charge in [-0.3, -0.25) is 0 Å². The topological polar surface area (TPSA) is 32.7 Å². The third-order valence-electron chi connectivity index (χ3n) is 3.14. The van der Waals surface area contributed by atoms with Gasteiger partial charge in [-0.05, 0) is 63.9 Å². The van der Waals surface area contributed by atoms with E-state index in [0.29, 0.717) is 6.61 Å². The summed E-state index contributed by atoms with van der Waals surface area (Å²) < 4.78 is 5.72. The molecule has 3 nitrogen and oxygen atoms in total. The molecular weight excluding hydrogens is 238 g/mol. The molecule has 0 spiro atoms. The highest BCUT2D eigenvalue weighted by Gasteiger charge is 1.99. The molecular formula is C16H27NO2. The van der Waals surface area contributed by atoms with Crippen LogP contribution in [0.4, 0.5) is 0 Å². The number of ether oxygens (including phenoxy) is 1. The van der Waals surface area contributed by atoms with Crippen molar-refractivity contribution in [1.29, 1.82) is 0 Å². The van der Waals surface area contributed by atoms with Crippen molar-refractivity contribution < 1.29 is 9.84 Å². The SMILES string of the molecule is Cc1cccc(OCCCN(C)CCCCCO)c1. The Balaban J connectivity index is 2.03. The minimum atomic E-state index is 0.314. The van der Waals surface area contributed by atoms with Gasteiger partial charge in [0.25, 0.3) is 0 Å². The summed E-state index contributed by atoms with van der Waals surface area (Å²) in [5, 5.41) is 8.70. The molecule has 3 heteroatoms. The molecule has 0 radical (unpaired) electrons. The first-order chi connectivity index (χ1) is 9.22. The normalized spacial score (nSPS) is 10.9. The van der Waals surface area contributed by atoms with Crippen LogP contribution in [0.5, 0.6) is 5.75 Å². The second kappa shape index (κ2) is 9.82. The van der Waals surface area contributed by atoms with Crippen LogP contribution in [-0.4, -0.2) is 43.4 Å². The quantitative estimate of drug-likeness (QED) is 0.660. The van der Waals surface area contributed by atoms with Gasteiger partial charge in [0.05, 0.1) is 6.61 Å². The first-order valence-corrected chi connectivity index (χ1v) is 7.21. The number of nitrogens with zero attached hydrogens (tertiary/aromatic N) is 1. The fourth-order valence-electron chi connectivity index (χ4n) is 2.01. The van der Waals surface area contributed by atoms with E-state index in [-0.39, 0.29) is 0 Å². The van der Waals surface area contributed by atoms with Crippen molar-refractivity contribution in [2.45, 2.75) is 32.6 Å². The summed E-state index contributed by atoms with van der Waals surface area (Å²) in [7, 11) is 2.14. The molecule has 0 aliphatic rings. The zero-order valence-electron chi connectivity index (χ0n) is 12.3. The van der Waals surface area contributed by atoms with Gasteiger partial charge in [-0.15, -0.1) is 0 Å². The lowest BCUT2D eigenvalue weighted by Crippen LogP contribution is -2.22. The van der Waals surface area contributed by atoms with E-state index in [4.69, 9.17) is 9.84 Å². The fraction of sp³-hybridized carbons (Fsp3) is 0.625. The zero-order chi connectivity index (χ0) is 13.9. The second-order valence-electron chi connectivity index (χ2n) is 5.11. The van der Waals surface area contributed by atoms with E-state index in [1.54, 1.807) is 0 Å². The molecule has 0 fully saturated rings. The molecule has 1 aromatic carbocycles. The number of aliphatic hydroxyl groups excluding tert-OH is 1. The van der Waals surface area contributed by atoms with Crippen molar-refractivity contribution in [3.8, 4) is 5.75 Å². The summed E-state index contributed by atoms with van der Waals surface area (Å²) in [6, 6.07) is 8.18. The van der Waals surface area contributed by atoms with Crippen LogP contribution in [0.2, 0.25) is 0 Å². The van der Waals surface area contributed by atoms with Gasteiger partial charge in [-0.2, -0.15) is 0 Å². The van der Waals surface area contributed by atoms with E-state index in [0.717, 1.165) is 51.1 Å². The summed E-state index contributed by atoms with van der Waals surface area (Å²) in [6.45, 7) is 5.32. The van der Waals surface area contributed by atoms with Gasteiger partial charge in [0, 0.05) is 13.2 Å². The molecule has 1 rings (SSSR count). The van der Waals surface area contributed by atoms with Gasteiger partial charge in [0.2, 0.25) is 0 Å². The van der Waals surface area contributed by atoms with Gasteiger partial charge in [-0.1, -0.05) is 12.1 Å². The highest BCUT2D eigenvalue weighted by Crippen LogP contribution is 2.12. The van der Waals surface area contributed by atoms with E-state index >= 15 is 0 Å². The molecule has 19 heavy (non-hydrogen) atoms. The lowest BCUT2D eigenvalue weighted by atomic mass is 10.2. The summed E-state index contributed by atoms with van der Waals surface area (Å²) in [5.74, 6) is 0.964. The number of hydrogen-bond acceptors (Lipinski definition) is 3. The molecule has 0 aliphatic heterocycles. The van der Waals surface area contributed by atoms with Crippen LogP contribution in [0.25, 0.3) is 0 Å². The molecule has 0 amide bonds. The minimum absolute atomic E-state index is 0.314. The van der Waals surface area contributed by atoms with Gasteiger partial charge >= 0.3 is 0 Å². The minimum Gasteiger partial charge on any atom is -0.494 e. The Morgan fingerprint density at radius 2 is 1.89 bits per heavy atom. The Labute approximate surface area is 117 Å². The van der Waals surface area contributed by atoms with Crippen molar-refractivity contribution in [3.05, 3.63) is 29.8 Å². The maximum atomic E-state index is 8.70. The van der Waals surface area contributed by atoms with Crippen molar-refractivity contribution in [1.82, 2.24) is 4.90 Å². The standard InChI is InChI=1S/C16H27NO2/c1-15-8-6-9-16(14-15)19-13-7-11-17(2)10-4-3-5-12-18/h6,8-9,14,18H,3-5,7,10-13H2,1-2H3. The lowest BCUT2D eigenvalue weighted by molar-refractivity contribution is 0.252. The van der Waals surface area contributed by atoms with Crippen LogP contribution in [0.3, 0.4) is 0 Å². The number of aryl methyl sites for hydroxylation is 1. The van der Waals surface area contributed by atoms with Crippen LogP contribution in [-0.2, 0) is 0 Å². The number of rotatable bonds is 10. The number of hydrogen-bond donors (Lipinski definition) is 1. The average Bonchev–Trinajstić information content (AvgIpc) is 2.40. The van der Waals surface area contributed by atoms with Gasteiger partial charge in [0.1, 0.15) is 5.75 Å². The van der Waals surface area contributed by atoms with E-state index in [9.17, 15) is 0 Å². The molecule has 1 aromatic rings. The van der Waals surface area contributed by atoms with Crippen molar-refractivity contribution in [3.63, 3.8) is 0 Å². The smallest absolute Gasteiger partial charge is 0.119 e. The number of aliphatic hydroxyl groups is 1. The maximum Gasteiger partial charge on any atom is 0.119 e. The third kappa shape index (κ3) is 7.85. The highest BCUT2D eigenvalue weighted by molar-refractivity contribution is 5.27. The third-order valence-corrected chi connectivity index (χ3v) is 3.14. The molecule has 0 saturated carbocycles. The molecule has 0 aromatic heterocycles. The lowest BCUT2D eigenvalue weighted by Gasteiger charge is -2.16. The Kier molecular flexibility index (Phi) is 8.26. The first-order valence-electron chi connectivity index (χ1n) is 7.21. The second-order valence-corrected chi connectivity index (χ2v) is 5.11. The molecule has 0 bridgehead atoms. The van der Waals surface area contributed by atoms with Crippen LogP contribution in [0.15, 0.2) is 24.3 Å². The fourth-order valence-corrected chi connectivity index (χ4v) is 2.01. The van der Waals surface area contributed by atoms with Crippen molar-refractivity contribution in [2.24, 2.45) is 0 Å². The summed E-state index contributed by atoms with van der Waals surface area (Å²) in [5.41, 5.74) is 1.23. The average molecular weight is 265 g/mol. The van der Waals surface area contributed by atoms with Gasteiger partial charge < -0.3 is 14.7 Å². The number of benzene rings is 1. The van der Waals surface area contributed by atoms with Gasteiger partial charge in [0.15, 0.2) is 0 Å². The molecule has 0 unspecified atom stereocenters. The molecule has 1 N–H and O–H groups in total. The predicted molar refractivity (Wildman–Crippen MR) is 79.7 cm³/mol. The largest absolute Gasteiger partial charge is 0.494 e. The molecule has 0 heterocycles. The van der Waals surface area contributed by atoms with E-state index in [2.05, 4.69) is 31.0 Å². The first kappa shape index (κ1) is 16.0. The van der Waals surface area contributed by atoms with Crippen LogP contribution in [0.1, 0.15) is 31.2 Å². The Morgan fingerprint density at radius 1 is 1.11 bits per heavy atom. The summed E-state index contributed by atoms with van der Waals surface area (Å²) in [4.78, 5) is 2.33. The van der Waals surface area contributed by atoms with Crippen LogP contribution >= 0.6 is 0 Å². The van der Waals surface area contributed by atoms with Crippen molar-refractivity contribution in [2.75, 3.05) is 33.4 Å². The molecule has 108 valence electrons. The Bertz CT molecular complexity index is 341. The predicted octanol–water partition coefficient (Wildman–Crippen LogP) is 2.86.